The van der Waals surface area contributed by atoms with E-state index in [9.17, 15) is 4.79 Å². The molecule has 2 aromatic rings. The molecule has 3 nitrogen and oxygen atoms in total. The fraction of sp³-hybridized carbons (Fsp3) is 0.567. The summed E-state index contributed by atoms with van der Waals surface area (Å²) in [7, 11) is 2.40. The molecule has 3 rings (SSSR count). The maximum Gasteiger partial charge on any atom is 0.238 e. The Kier molecular flexibility index (Phi) is 9.21. The lowest BCUT2D eigenvalue weighted by molar-refractivity contribution is -0.944. The van der Waals surface area contributed by atoms with Gasteiger partial charge in [0, 0.05) is 30.8 Å². The number of halogens is 1. The Morgan fingerprint density at radius 1 is 0.971 bits per heavy atom. The highest BCUT2D eigenvalue weighted by Gasteiger charge is 2.52. The van der Waals surface area contributed by atoms with Crippen molar-refractivity contribution >= 4 is 5.91 Å². The molecule has 1 amide bonds. The van der Waals surface area contributed by atoms with Crippen molar-refractivity contribution in [3.8, 4) is 0 Å². The van der Waals surface area contributed by atoms with E-state index in [0.717, 1.165) is 28.6 Å². The van der Waals surface area contributed by atoms with Gasteiger partial charge in [0.2, 0.25) is 5.91 Å². The van der Waals surface area contributed by atoms with Gasteiger partial charge < -0.3 is 26.4 Å². The summed E-state index contributed by atoms with van der Waals surface area (Å²) >= 11 is 0. The number of carbonyl (C=O) groups excluding carboxylic acids is 1. The van der Waals surface area contributed by atoms with Gasteiger partial charge >= 0.3 is 0 Å². The number of benzene rings is 2. The molecular weight excluding hydrogens is 484 g/mol. The molecule has 1 aliphatic heterocycles. The second-order valence-electron chi connectivity index (χ2n) is 11.7. The maximum atomic E-state index is 14.7. The molecule has 0 spiro atoms. The summed E-state index contributed by atoms with van der Waals surface area (Å²) in [6.07, 6.45) is 2.02. The van der Waals surface area contributed by atoms with Gasteiger partial charge in [0.1, 0.15) is 5.41 Å². The Labute approximate surface area is 218 Å². The van der Waals surface area contributed by atoms with Crippen LogP contribution in [-0.4, -0.2) is 53.0 Å². The molecular formula is C30H45BrN2O. The zero-order chi connectivity index (χ0) is 24.4. The van der Waals surface area contributed by atoms with E-state index < -0.39 is 5.41 Å². The van der Waals surface area contributed by atoms with Crippen molar-refractivity contribution in [2.75, 3.05) is 20.1 Å². The van der Waals surface area contributed by atoms with Crippen LogP contribution in [0.3, 0.4) is 0 Å². The van der Waals surface area contributed by atoms with Crippen molar-refractivity contribution in [3.63, 3.8) is 0 Å². The number of quaternary nitrogens is 1. The lowest BCUT2D eigenvalue weighted by Gasteiger charge is -2.46. The van der Waals surface area contributed by atoms with Crippen LogP contribution in [0.15, 0.2) is 60.7 Å². The summed E-state index contributed by atoms with van der Waals surface area (Å²) in [5, 5.41) is 0. The van der Waals surface area contributed by atoms with Gasteiger partial charge in [-0.1, -0.05) is 67.6 Å². The van der Waals surface area contributed by atoms with E-state index in [0.29, 0.717) is 5.92 Å². The molecule has 34 heavy (non-hydrogen) atoms. The highest BCUT2D eigenvalue weighted by molar-refractivity contribution is 5.92. The average Bonchev–Trinajstić information content (AvgIpc) is 2.95. The van der Waals surface area contributed by atoms with Crippen LogP contribution < -0.4 is 17.0 Å². The summed E-state index contributed by atoms with van der Waals surface area (Å²) in [6, 6.07) is 21.3. The number of nitrogens with zero attached hydrogens (tertiary/aromatic N) is 2. The number of likely N-dealkylation sites (tertiary alicyclic amines) is 1. The van der Waals surface area contributed by atoms with Crippen molar-refractivity contribution in [2.24, 2.45) is 5.92 Å². The molecule has 2 atom stereocenters. The van der Waals surface area contributed by atoms with Crippen LogP contribution in [-0.2, 0) is 10.2 Å². The van der Waals surface area contributed by atoms with E-state index in [1.54, 1.807) is 0 Å². The van der Waals surface area contributed by atoms with Crippen LogP contribution in [0.4, 0.5) is 0 Å². The van der Waals surface area contributed by atoms with Gasteiger partial charge in [-0.2, -0.15) is 0 Å². The van der Waals surface area contributed by atoms with E-state index in [1.807, 2.05) is 12.1 Å². The number of carbonyl (C=O) groups is 1. The third-order valence-electron chi connectivity index (χ3n) is 8.25. The first kappa shape index (κ1) is 28.6. The Morgan fingerprint density at radius 2 is 1.41 bits per heavy atom. The summed E-state index contributed by atoms with van der Waals surface area (Å²) in [6.45, 7) is 17.9. The van der Waals surface area contributed by atoms with Crippen LogP contribution in [0, 0.1) is 5.92 Å². The molecule has 1 aliphatic rings. The quantitative estimate of drug-likeness (QED) is 0.481. The summed E-state index contributed by atoms with van der Waals surface area (Å²) in [5.74, 6) is 0.924. The molecule has 0 aromatic heterocycles. The Hall–Kier alpha value is -1.65. The fourth-order valence-corrected chi connectivity index (χ4v) is 6.42. The van der Waals surface area contributed by atoms with Gasteiger partial charge in [-0.25, -0.2) is 0 Å². The largest absolute Gasteiger partial charge is 1.00 e. The Morgan fingerprint density at radius 3 is 1.76 bits per heavy atom. The van der Waals surface area contributed by atoms with E-state index in [2.05, 4.69) is 109 Å². The third kappa shape index (κ3) is 5.28. The Bertz CT molecular complexity index is 878. The van der Waals surface area contributed by atoms with E-state index in [4.69, 9.17) is 0 Å². The average molecular weight is 530 g/mol. The molecule has 1 heterocycles. The predicted octanol–water partition coefficient (Wildman–Crippen LogP) is 3.28. The van der Waals surface area contributed by atoms with Crippen LogP contribution in [0.25, 0.3) is 0 Å². The van der Waals surface area contributed by atoms with E-state index in [1.165, 1.54) is 13.0 Å². The predicted molar refractivity (Wildman–Crippen MR) is 139 cm³/mol. The monoisotopic (exact) mass is 528 g/mol. The molecule has 0 radical (unpaired) electrons. The number of hydrogen-bond donors (Lipinski definition) is 0. The molecule has 0 aliphatic carbocycles. The number of hydrogen-bond acceptors (Lipinski definition) is 1. The van der Waals surface area contributed by atoms with Gasteiger partial charge in [-0.3, -0.25) is 4.79 Å². The van der Waals surface area contributed by atoms with Crippen molar-refractivity contribution in [1.82, 2.24) is 4.90 Å². The van der Waals surface area contributed by atoms with E-state index in [-0.39, 0.29) is 40.5 Å². The molecule has 1 fully saturated rings. The first-order chi connectivity index (χ1) is 15.4. The van der Waals surface area contributed by atoms with Crippen molar-refractivity contribution in [2.45, 2.75) is 84.3 Å². The molecule has 0 bridgehead atoms. The van der Waals surface area contributed by atoms with Crippen LogP contribution in [0.1, 0.15) is 72.4 Å². The van der Waals surface area contributed by atoms with Gasteiger partial charge in [-0.15, -0.1) is 0 Å². The SMILES string of the molecule is CC1CC(C)(C)[N+](C)(CCC(C(=O)N(C(C)C)C(C)C)(c2ccccc2)c2ccccc2)C1.[Br-]. The lowest BCUT2D eigenvalue weighted by atomic mass is 9.70. The Balaban J connectivity index is 0.00000408. The van der Waals surface area contributed by atoms with Gasteiger partial charge in [0.05, 0.1) is 25.7 Å². The molecule has 0 saturated carbocycles. The maximum absolute atomic E-state index is 14.7. The third-order valence-corrected chi connectivity index (χ3v) is 8.25. The highest BCUT2D eigenvalue weighted by atomic mass is 79.9. The summed E-state index contributed by atoms with van der Waals surface area (Å²) in [5.41, 5.74) is 1.70. The first-order valence-corrected chi connectivity index (χ1v) is 12.7. The number of amides is 1. The zero-order valence-electron chi connectivity index (χ0n) is 22.5. The molecule has 0 N–H and O–H groups in total. The van der Waals surface area contributed by atoms with Crippen molar-refractivity contribution in [1.29, 1.82) is 0 Å². The minimum Gasteiger partial charge on any atom is -1.00 e. The number of rotatable bonds is 8. The van der Waals surface area contributed by atoms with Gasteiger partial charge in [-0.05, 0) is 52.7 Å². The van der Waals surface area contributed by atoms with Crippen LogP contribution in [0.5, 0.6) is 0 Å². The van der Waals surface area contributed by atoms with E-state index >= 15 is 0 Å². The second-order valence-corrected chi connectivity index (χ2v) is 11.7. The van der Waals surface area contributed by atoms with Crippen LogP contribution >= 0.6 is 0 Å². The lowest BCUT2D eigenvalue weighted by Crippen LogP contribution is -3.00. The smallest absolute Gasteiger partial charge is 0.238 e. The highest BCUT2D eigenvalue weighted by Crippen LogP contribution is 2.43. The van der Waals surface area contributed by atoms with Gasteiger partial charge in [0.15, 0.2) is 0 Å². The molecule has 4 heteroatoms. The second kappa shape index (κ2) is 11.0. The first-order valence-electron chi connectivity index (χ1n) is 12.7. The normalized spacial score (nSPS) is 22.0. The molecule has 2 unspecified atom stereocenters. The van der Waals surface area contributed by atoms with Crippen molar-refractivity contribution < 1.29 is 26.3 Å². The minimum absolute atomic E-state index is 0. The van der Waals surface area contributed by atoms with Crippen molar-refractivity contribution in [3.05, 3.63) is 71.8 Å². The molecule has 1 saturated heterocycles. The van der Waals surface area contributed by atoms with Gasteiger partial charge in [0.25, 0.3) is 0 Å². The van der Waals surface area contributed by atoms with Crippen LogP contribution in [0.2, 0.25) is 0 Å². The minimum atomic E-state index is -0.708. The molecule has 188 valence electrons. The topological polar surface area (TPSA) is 20.3 Å². The molecule has 2 aromatic carbocycles. The summed E-state index contributed by atoms with van der Waals surface area (Å²) in [4.78, 5) is 16.8. The zero-order valence-corrected chi connectivity index (χ0v) is 24.1. The standard InChI is InChI=1S/C30H45N2O.BrH/c1-23(2)31(24(3)4)28(33)30(26-15-11-9-12-16-26,27-17-13-10-14-18-27)19-20-32(8)22-25(5)21-29(32,6)7;/h9-18,23-25H,19-22H2,1-8H3;1H/q+1;/p-1. The summed E-state index contributed by atoms with van der Waals surface area (Å²) < 4.78 is 1.01. The fourth-order valence-electron chi connectivity index (χ4n) is 6.42.